The average Bonchev–Trinajstić information content (AvgIpc) is 2.65. The van der Waals surface area contributed by atoms with Crippen molar-refractivity contribution in [2.45, 2.75) is 6.92 Å². The first kappa shape index (κ1) is 20.3. The summed E-state index contributed by atoms with van der Waals surface area (Å²) in [6.07, 6.45) is 0. The van der Waals surface area contributed by atoms with Crippen LogP contribution < -0.4 is 5.32 Å². The topological polar surface area (TPSA) is 65.1 Å². The molecule has 2 fully saturated rings. The number of amides is 2. The van der Waals surface area contributed by atoms with Gasteiger partial charge < -0.3 is 15.0 Å². The van der Waals surface area contributed by atoms with Gasteiger partial charge in [0.15, 0.2) is 0 Å². The fourth-order valence-corrected chi connectivity index (χ4v) is 3.84. The third kappa shape index (κ3) is 6.00. The highest BCUT2D eigenvalue weighted by Crippen LogP contribution is 2.20. The van der Waals surface area contributed by atoms with Gasteiger partial charge in [0.2, 0.25) is 11.8 Å². The van der Waals surface area contributed by atoms with E-state index in [0.29, 0.717) is 39.4 Å². The minimum absolute atomic E-state index is 0.0199. The van der Waals surface area contributed by atoms with Crippen LogP contribution in [0.1, 0.15) is 5.56 Å². The number of hydrogen-bond donors (Lipinski definition) is 1. The van der Waals surface area contributed by atoms with E-state index in [0.717, 1.165) is 41.9 Å². The fourth-order valence-electron chi connectivity index (χ4n) is 3.37. The molecule has 0 bridgehead atoms. The van der Waals surface area contributed by atoms with Gasteiger partial charge in [0.05, 0.1) is 26.3 Å². The van der Waals surface area contributed by atoms with Crippen LogP contribution in [0, 0.1) is 6.92 Å². The van der Waals surface area contributed by atoms with Crippen molar-refractivity contribution in [2.75, 3.05) is 70.9 Å². The molecule has 2 saturated heterocycles. The highest BCUT2D eigenvalue weighted by Gasteiger charge is 2.24. The molecule has 1 aromatic rings. The molecule has 2 aliphatic rings. The lowest BCUT2D eigenvalue weighted by atomic mass is 10.2. The Morgan fingerprint density at radius 3 is 2.37 bits per heavy atom. The number of carbonyl (C=O) groups is 2. The second-order valence-electron chi connectivity index (χ2n) is 7.05. The van der Waals surface area contributed by atoms with Crippen molar-refractivity contribution in [3.8, 4) is 0 Å². The monoisotopic (exact) mass is 438 g/mol. The Labute approximate surface area is 168 Å². The molecule has 3 rings (SSSR count). The summed E-state index contributed by atoms with van der Waals surface area (Å²) in [5, 5.41) is 2.97. The van der Waals surface area contributed by atoms with E-state index in [9.17, 15) is 9.59 Å². The van der Waals surface area contributed by atoms with Crippen molar-refractivity contribution in [3.63, 3.8) is 0 Å². The van der Waals surface area contributed by atoms with Gasteiger partial charge in [-0.3, -0.25) is 19.4 Å². The smallest absolute Gasteiger partial charge is 0.238 e. The molecule has 2 heterocycles. The molecule has 0 atom stereocenters. The summed E-state index contributed by atoms with van der Waals surface area (Å²) >= 11 is 3.43. The average molecular weight is 439 g/mol. The maximum atomic E-state index is 12.4. The molecule has 8 heteroatoms. The number of piperazine rings is 1. The summed E-state index contributed by atoms with van der Waals surface area (Å²) in [4.78, 5) is 30.9. The van der Waals surface area contributed by atoms with Gasteiger partial charge in [0.1, 0.15) is 0 Å². The zero-order valence-corrected chi connectivity index (χ0v) is 17.3. The van der Waals surface area contributed by atoms with Crippen LogP contribution in [-0.4, -0.2) is 92.1 Å². The molecule has 1 N–H and O–H groups in total. The van der Waals surface area contributed by atoms with E-state index >= 15 is 0 Å². The molecule has 1 aromatic carbocycles. The van der Waals surface area contributed by atoms with Crippen LogP contribution in [0.25, 0.3) is 0 Å². The predicted octanol–water partition coefficient (Wildman–Crippen LogP) is 1.17. The van der Waals surface area contributed by atoms with Crippen LogP contribution >= 0.6 is 15.9 Å². The molecule has 0 aliphatic carbocycles. The van der Waals surface area contributed by atoms with E-state index in [-0.39, 0.29) is 11.8 Å². The first-order valence-electron chi connectivity index (χ1n) is 9.37. The number of ether oxygens (including phenoxy) is 1. The number of morpholine rings is 1. The van der Waals surface area contributed by atoms with E-state index in [4.69, 9.17) is 4.74 Å². The summed E-state index contributed by atoms with van der Waals surface area (Å²) in [7, 11) is 0. The van der Waals surface area contributed by atoms with E-state index in [1.165, 1.54) is 0 Å². The minimum atomic E-state index is -0.0199. The van der Waals surface area contributed by atoms with Gasteiger partial charge in [-0.1, -0.05) is 15.9 Å². The third-order valence-corrected chi connectivity index (χ3v) is 5.51. The van der Waals surface area contributed by atoms with E-state index in [1.54, 1.807) is 0 Å². The lowest BCUT2D eigenvalue weighted by Crippen LogP contribution is -2.53. The van der Waals surface area contributed by atoms with Gasteiger partial charge in [-0.25, -0.2) is 0 Å². The third-order valence-electron chi connectivity index (χ3n) is 5.02. The van der Waals surface area contributed by atoms with Crippen LogP contribution in [0.15, 0.2) is 22.7 Å². The Bertz CT molecular complexity index is 671. The van der Waals surface area contributed by atoms with Gasteiger partial charge >= 0.3 is 0 Å². The molecular formula is C19H27BrN4O3. The molecule has 7 nitrogen and oxygen atoms in total. The number of rotatable bonds is 5. The lowest BCUT2D eigenvalue weighted by Gasteiger charge is -2.36. The van der Waals surface area contributed by atoms with Crippen LogP contribution in [0.4, 0.5) is 5.69 Å². The van der Waals surface area contributed by atoms with Crippen molar-refractivity contribution in [2.24, 2.45) is 0 Å². The fraction of sp³-hybridized carbons (Fsp3) is 0.579. The minimum Gasteiger partial charge on any atom is -0.379 e. The van der Waals surface area contributed by atoms with Crippen LogP contribution in [0.5, 0.6) is 0 Å². The van der Waals surface area contributed by atoms with Crippen molar-refractivity contribution in [3.05, 3.63) is 28.2 Å². The summed E-state index contributed by atoms with van der Waals surface area (Å²) in [5.74, 6) is 0.153. The quantitative estimate of drug-likeness (QED) is 0.747. The van der Waals surface area contributed by atoms with E-state index in [2.05, 4.69) is 31.0 Å². The van der Waals surface area contributed by atoms with Crippen LogP contribution in [0.2, 0.25) is 0 Å². The van der Waals surface area contributed by atoms with Crippen molar-refractivity contribution in [1.82, 2.24) is 14.7 Å². The Morgan fingerprint density at radius 2 is 1.70 bits per heavy atom. The first-order valence-corrected chi connectivity index (χ1v) is 10.2. The number of nitrogens with one attached hydrogen (secondary N) is 1. The molecule has 0 unspecified atom stereocenters. The summed E-state index contributed by atoms with van der Waals surface area (Å²) in [6, 6.07) is 5.80. The van der Waals surface area contributed by atoms with Gasteiger partial charge in [-0.2, -0.15) is 0 Å². The lowest BCUT2D eigenvalue weighted by molar-refractivity contribution is -0.135. The van der Waals surface area contributed by atoms with Crippen molar-refractivity contribution < 1.29 is 14.3 Å². The molecule has 2 aliphatic heterocycles. The maximum absolute atomic E-state index is 12.4. The van der Waals surface area contributed by atoms with Crippen LogP contribution in [0.3, 0.4) is 0 Å². The van der Waals surface area contributed by atoms with Gasteiger partial charge in [0.25, 0.3) is 0 Å². The number of benzene rings is 1. The molecule has 2 amide bonds. The highest BCUT2D eigenvalue weighted by atomic mass is 79.9. The molecular weight excluding hydrogens is 412 g/mol. The zero-order chi connectivity index (χ0) is 19.2. The number of nitrogens with zero attached hydrogens (tertiary/aromatic N) is 3. The Hall–Kier alpha value is -1.48. The number of aryl methyl sites for hydroxylation is 1. The summed E-state index contributed by atoms with van der Waals surface area (Å²) in [5.41, 5.74) is 1.86. The van der Waals surface area contributed by atoms with Crippen LogP contribution in [-0.2, 0) is 14.3 Å². The molecule has 0 aromatic heterocycles. The summed E-state index contributed by atoms with van der Waals surface area (Å²) in [6.45, 7) is 8.63. The Kier molecular flexibility index (Phi) is 7.23. The second kappa shape index (κ2) is 9.64. The maximum Gasteiger partial charge on any atom is 0.238 e. The summed E-state index contributed by atoms with van der Waals surface area (Å²) < 4.78 is 6.32. The van der Waals surface area contributed by atoms with E-state index < -0.39 is 0 Å². The van der Waals surface area contributed by atoms with Gasteiger partial charge in [-0.15, -0.1) is 0 Å². The SMILES string of the molecule is Cc1cc(Br)ccc1NC(=O)CN1CCN(C(=O)CN2CCOCC2)CC1. The highest BCUT2D eigenvalue weighted by molar-refractivity contribution is 9.10. The molecule has 0 radical (unpaired) electrons. The first-order chi connectivity index (χ1) is 13.0. The number of halogens is 1. The molecule has 148 valence electrons. The predicted molar refractivity (Wildman–Crippen MR) is 108 cm³/mol. The second-order valence-corrected chi connectivity index (χ2v) is 7.97. The standard InChI is InChI=1S/C19H27BrN4O3/c1-15-12-16(20)2-3-17(15)21-18(25)13-22-4-6-24(7-5-22)19(26)14-23-8-10-27-11-9-23/h2-3,12H,4-11,13-14H2,1H3,(H,21,25). The molecule has 0 spiro atoms. The Morgan fingerprint density at radius 1 is 1.04 bits per heavy atom. The molecule has 27 heavy (non-hydrogen) atoms. The van der Waals surface area contributed by atoms with Crippen molar-refractivity contribution >= 4 is 33.4 Å². The number of anilines is 1. The number of hydrogen-bond acceptors (Lipinski definition) is 5. The molecule has 0 saturated carbocycles. The number of carbonyl (C=O) groups excluding carboxylic acids is 2. The van der Waals surface area contributed by atoms with Gasteiger partial charge in [0, 0.05) is 49.4 Å². The normalized spacial score (nSPS) is 19.1. The van der Waals surface area contributed by atoms with Crippen molar-refractivity contribution in [1.29, 1.82) is 0 Å². The van der Waals surface area contributed by atoms with Gasteiger partial charge in [-0.05, 0) is 30.7 Å². The zero-order valence-electron chi connectivity index (χ0n) is 15.7. The van der Waals surface area contributed by atoms with E-state index in [1.807, 2.05) is 30.0 Å². The Balaban J connectivity index is 1.40. The largest absolute Gasteiger partial charge is 0.379 e.